The second-order valence-electron chi connectivity index (χ2n) is 5.33. The molecule has 0 bridgehead atoms. The van der Waals surface area contributed by atoms with Gasteiger partial charge in [-0.1, -0.05) is 6.07 Å². The molecule has 3 rings (SSSR count). The Bertz CT molecular complexity index is 664. The zero-order valence-electron chi connectivity index (χ0n) is 12.9. The van der Waals surface area contributed by atoms with Crippen LogP contribution in [0, 0.1) is 13.8 Å². The smallest absolute Gasteiger partial charge is 0.161 e. The highest BCUT2D eigenvalue weighted by atomic mass is 16.6. The maximum Gasteiger partial charge on any atom is 0.161 e. The molecule has 0 spiro atoms. The lowest BCUT2D eigenvalue weighted by Gasteiger charge is -2.22. The van der Waals surface area contributed by atoms with Crippen LogP contribution in [-0.2, 0) is 7.05 Å². The Morgan fingerprint density at radius 1 is 1.19 bits per heavy atom. The van der Waals surface area contributed by atoms with Crippen LogP contribution < -0.4 is 14.8 Å². The maximum atomic E-state index is 5.69. The number of hydrogen-bond acceptors (Lipinski definition) is 4. The summed E-state index contributed by atoms with van der Waals surface area (Å²) in [5.41, 5.74) is 4.59. The topological polar surface area (TPSA) is 48.3 Å². The van der Waals surface area contributed by atoms with Gasteiger partial charge in [-0.05, 0) is 38.6 Å². The average Bonchev–Trinajstić information content (AvgIpc) is 2.74. The van der Waals surface area contributed by atoms with E-state index in [-0.39, 0.29) is 6.04 Å². The van der Waals surface area contributed by atoms with Crippen molar-refractivity contribution in [3.05, 3.63) is 40.7 Å². The van der Waals surface area contributed by atoms with Gasteiger partial charge in [0.05, 0.1) is 11.7 Å². The molecule has 21 heavy (non-hydrogen) atoms. The molecule has 2 heterocycles. The van der Waals surface area contributed by atoms with Crippen LogP contribution in [0.25, 0.3) is 0 Å². The van der Waals surface area contributed by atoms with Gasteiger partial charge in [0.15, 0.2) is 11.5 Å². The molecule has 1 aromatic heterocycles. The van der Waals surface area contributed by atoms with Gasteiger partial charge >= 0.3 is 0 Å². The summed E-state index contributed by atoms with van der Waals surface area (Å²) in [4.78, 5) is 0. The summed E-state index contributed by atoms with van der Waals surface area (Å²) in [6.45, 7) is 5.36. The van der Waals surface area contributed by atoms with Crippen LogP contribution in [0.1, 0.15) is 28.6 Å². The molecule has 0 fully saturated rings. The fourth-order valence-corrected chi connectivity index (χ4v) is 2.92. The molecular weight excluding hydrogens is 266 g/mol. The fraction of sp³-hybridized carbons (Fsp3) is 0.438. The van der Waals surface area contributed by atoms with E-state index in [2.05, 4.69) is 29.5 Å². The van der Waals surface area contributed by atoms with Crippen LogP contribution in [0.5, 0.6) is 11.5 Å². The van der Waals surface area contributed by atoms with E-state index in [0.29, 0.717) is 13.2 Å². The highest BCUT2D eigenvalue weighted by Gasteiger charge is 2.22. The zero-order chi connectivity index (χ0) is 15.0. The van der Waals surface area contributed by atoms with Gasteiger partial charge in [0.25, 0.3) is 0 Å². The summed E-state index contributed by atoms with van der Waals surface area (Å²) in [6, 6.07) is 6.21. The Balaban J connectivity index is 2.04. The van der Waals surface area contributed by atoms with Gasteiger partial charge in [0.2, 0.25) is 0 Å². The fourth-order valence-electron chi connectivity index (χ4n) is 2.92. The SMILES string of the molecule is CNC(c1ccc2c(c1)OCCO2)c1c(C)nn(C)c1C. The van der Waals surface area contributed by atoms with Crippen molar-refractivity contribution in [2.24, 2.45) is 7.05 Å². The standard InChI is InChI=1S/C16H21N3O2/c1-10-15(11(2)19(4)18-10)16(17-3)12-5-6-13-14(9-12)21-8-7-20-13/h5-6,9,16-17H,7-8H2,1-4H3. The first-order chi connectivity index (χ1) is 10.1. The van der Waals surface area contributed by atoms with Crippen molar-refractivity contribution in [2.45, 2.75) is 19.9 Å². The molecule has 0 aliphatic carbocycles. The Labute approximate surface area is 124 Å². The third-order valence-electron chi connectivity index (χ3n) is 4.04. The molecule has 112 valence electrons. The molecule has 1 unspecified atom stereocenters. The lowest BCUT2D eigenvalue weighted by atomic mass is 9.96. The number of aromatic nitrogens is 2. The normalized spacial score (nSPS) is 15.0. The number of nitrogens with one attached hydrogen (secondary N) is 1. The molecule has 2 aromatic rings. The van der Waals surface area contributed by atoms with E-state index in [1.165, 1.54) is 11.3 Å². The van der Waals surface area contributed by atoms with E-state index in [4.69, 9.17) is 9.47 Å². The lowest BCUT2D eigenvalue weighted by molar-refractivity contribution is 0.171. The van der Waals surface area contributed by atoms with Crippen LogP contribution in [-0.4, -0.2) is 30.0 Å². The molecule has 1 atom stereocenters. The third kappa shape index (κ3) is 2.38. The van der Waals surface area contributed by atoms with E-state index in [9.17, 15) is 0 Å². The molecule has 5 heteroatoms. The molecule has 1 aliphatic rings. The molecule has 0 saturated carbocycles. The van der Waals surface area contributed by atoms with E-state index in [1.807, 2.05) is 31.8 Å². The average molecular weight is 287 g/mol. The molecule has 1 N–H and O–H groups in total. The van der Waals surface area contributed by atoms with Crippen molar-refractivity contribution in [3.63, 3.8) is 0 Å². The number of fused-ring (bicyclic) bond motifs is 1. The van der Waals surface area contributed by atoms with E-state index >= 15 is 0 Å². The van der Waals surface area contributed by atoms with E-state index < -0.39 is 0 Å². The number of ether oxygens (including phenoxy) is 2. The second-order valence-corrected chi connectivity index (χ2v) is 5.33. The Morgan fingerprint density at radius 2 is 1.90 bits per heavy atom. The zero-order valence-corrected chi connectivity index (χ0v) is 12.9. The van der Waals surface area contributed by atoms with Gasteiger partial charge in [0, 0.05) is 18.3 Å². The summed E-state index contributed by atoms with van der Waals surface area (Å²) in [5, 5.41) is 7.90. The van der Waals surface area contributed by atoms with Gasteiger partial charge in [-0.25, -0.2) is 0 Å². The number of benzene rings is 1. The third-order valence-corrected chi connectivity index (χ3v) is 4.04. The first-order valence-corrected chi connectivity index (χ1v) is 7.18. The first-order valence-electron chi connectivity index (χ1n) is 7.18. The molecule has 5 nitrogen and oxygen atoms in total. The van der Waals surface area contributed by atoms with Crippen molar-refractivity contribution in [3.8, 4) is 11.5 Å². The van der Waals surface area contributed by atoms with Crippen molar-refractivity contribution in [1.29, 1.82) is 0 Å². The van der Waals surface area contributed by atoms with Gasteiger partial charge in [-0.2, -0.15) is 5.10 Å². The first kappa shape index (κ1) is 13.9. The minimum Gasteiger partial charge on any atom is -0.486 e. The van der Waals surface area contributed by atoms with Crippen molar-refractivity contribution in [1.82, 2.24) is 15.1 Å². The Hall–Kier alpha value is -2.01. The molecular formula is C16H21N3O2. The Kier molecular flexibility index (Phi) is 3.59. The van der Waals surface area contributed by atoms with Crippen LogP contribution in [0.2, 0.25) is 0 Å². The minimum atomic E-state index is 0.0922. The number of hydrogen-bond donors (Lipinski definition) is 1. The van der Waals surface area contributed by atoms with E-state index in [1.54, 1.807) is 0 Å². The Morgan fingerprint density at radius 3 is 2.52 bits per heavy atom. The minimum absolute atomic E-state index is 0.0922. The van der Waals surface area contributed by atoms with Crippen molar-refractivity contribution in [2.75, 3.05) is 20.3 Å². The lowest BCUT2D eigenvalue weighted by Crippen LogP contribution is -2.20. The quantitative estimate of drug-likeness (QED) is 0.939. The highest BCUT2D eigenvalue weighted by molar-refractivity contribution is 5.47. The summed E-state index contributed by atoms with van der Waals surface area (Å²) in [7, 11) is 3.94. The van der Waals surface area contributed by atoms with E-state index in [0.717, 1.165) is 22.8 Å². The monoisotopic (exact) mass is 287 g/mol. The summed E-state index contributed by atoms with van der Waals surface area (Å²) >= 11 is 0. The van der Waals surface area contributed by atoms with Crippen LogP contribution in [0.3, 0.4) is 0 Å². The van der Waals surface area contributed by atoms with Crippen LogP contribution in [0.15, 0.2) is 18.2 Å². The second kappa shape index (κ2) is 5.41. The number of aryl methyl sites for hydroxylation is 2. The predicted octanol–water partition coefficient (Wildman–Crippen LogP) is 2.12. The molecule has 0 saturated heterocycles. The summed E-state index contributed by atoms with van der Waals surface area (Å²) < 4.78 is 13.2. The molecule has 0 radical (unpaired) electrons. The van der Waals surface area contributed by atoms with Gasteiger partial charge in [-0.3, -0.25) is 4.68 Å². The molecule has 0 amide bonds. The summed E-state index contributed by atoms with van der Waals surface area (Å²) in [6.07, 6.45) is 0. The predicted molar refractivity (Wildman–Crippen MR) is 81.0 cm³/mol. The van der Waals surface area contributed by atoms with Gasteiger partial charge in [0.1, 0.15) is 13.2 Å². The van der Waals surface area contributed by atoms with Gasteiger partial charge in [-0.15, -0.1) is 0 Å². The van der Waals surface area contributed by atoms with Crippen LogP contribution in [0.4, 0.5) is 0 Å². The number of nitrogens with zero attached hydrogens (tertiary/aromatic N) is 2. The van der Waals surface area contributed by atoms with Gasteiger partial charge < -0.3 is 14.8 Å². The number of rotatable bonds is 3. The molecule has 1 aliphatic heterocycles. The van der Waals surface area contributed by atoms with Crippen LogP contribution >= 0.6 is 0 Å². The maximum absolute atomic E-state index is 5.69. The largest absolute Gasteiger partial charge is 0.486 e. The summed E-state index contributed by atoms with van der Waals surface area (Å²) in [5.74, 6) is 1.64. The highest BCUT2D eigenvalue weighted by Crippen LogP contribution is 2.35. The van der Waals surface area contributed by atoms with Crippen molar-refractivity contribution < 1.29 is 9.47 Å². The van der Waals surface area contributed by atoms with Crippen molar-refractivity contribution >= 4 is 0 Å². The molecule has 1 aromatic carbocycles.